The number of hydrogen-bond donors (Lipinski definition) is 2. The van der Waals surface area contributed by atoms with Crippen molar-refractivity contribution in [1.29, 1.82) is 0 Å². The Morgan fingerprint density at radius 3 is 3.04 bits per heavy atom. The number of aromatic hydroxyl groups is 1. The first-order valence-electron chi connectivity index (χ1n) is 7.22. The molecule has 0 radical (unpaired) electrons. The Balaban J connectivity index is 1.56. The smallest absolute Gasteiger partial charge is 0.241 e. The number of carbonyl (C=O) groups is 1. The SMILES string of the molecule is O=C(CCn1nnc2ccccc21)N/N=C/c1cc(Br)ccc1O. The molecule has 0 unspecified atom stereocenters. The number of hydrazone groups is 1. The van der Waals surface area contributed by atoms with Crippen molar-refractivity contribution >= 4 is 39.1 Å². The van der Waals surface area contributed by atoms with Crippen LogP contribution in [0.15, 0.2) is 52.0 Å². The van der Waals surface area contributed by atoms with E-state index in [4.69, 9.17) is 0 Å². The van der Waals surface area contributed by atoms with Crippen LogP contribution in [0, 0.1) is 0 Å². The third-order valence-corrected chi connectivity index (χ3v) is 3.85. The normalized spacial score (nSPS) is 11.2. The van der Waals surface area contributed by atoms with Crippen LogP contribution in [0.3, 0.4) is 0 Å². The van der Waals surface area contributed by atoms with Gasteiger partial charge >= 0.3 is 0 Å². The van der Waals surface area contributed by atoms with E-state index in [9.17, 15) is 9.90 Å². The molecule has 0 spiro atoms. The van der Waals surface area contributed by atoms with Gasteiger partial charge in [-0.25, -0.2) is 10.1 Å². The van der Waals surface area contributed by atoms with Crippen molar-refractivity contribution in [2.45, 2.75) is 13.0 Å². The molecular weight excluding hydrogens is 374 g/mol. The largest absolute Gasteiger partial charge is 0.507 e. The van der Waals surface area contributed by atoms with Gasteiger partial charge in [0.25, 0.3) is 0 Å². The zero-order valence-corrected chi connectivity index (χ0v) is 14.1. The average molecular weight is 388 g/mol. The fourth-order valence-corrected chi connectivity index (χ4v) is 2.53. The first kappa shape index (κ1) is 16.1. The van der Waals surface area contributed by atoms with Gasteiger partial charge in [0.15, 0.2) is 0 Å². The second kappa shape index (κ2) is 7.22. The van der Waals surface area contributed by atoms with Crippen LogP contribution in [0.2, 0.25) is 0 Å². The predicted molar refractivity (Wildman–Crippen MR) is 93.7 cm³/mol. The molecule has 24 heavy (non-hydrogen) atoms. The number of benzene rings is 2. The van der Waals surface area contributed by atoms with Crippen LogP contribution in [0.25, 0.3) is 11.0 Å². The number of phenols is 1. The van der Waals surface area contributed by atoms with Crippen LogP contribution in [0.1, 0.15) is 12.0 Å². The molecule has 0 fully saturated rings. The second-order valence-electron chi connectivity index (χ2n) is 5.05. The van der Waals surface area contributed by atoms with Gasteiger partial charge in [-0.05, 0) is 30.3 Å². The van der Waals surface area contributed by atoms with Crippen molar-refractivity contribution in [2.75, 3.05) is 0 Å². The van der Waals surface area contributed by atoms with Crippen LogP contribution < -0.4 is 5.43 Å². The summed E-state index contributed by atoms with van der Waals surface area (Å²) < 4.78 is 2.49. The van der Waals surface area contributed by atoms with Crippen LogP contribution in [-0.4, -0.2) is 32.2 Å². The summed E-state index contributed by atoms with van der Waals surface area (Å²) in [7, 11) is 0. The molecule has 3 aromatic rings. The van der Waals surface area contributed by atoms with Crippen molar-refractivity contribution in [3.8, 4) is 5.75 Å². The quantitative estimate of drug-likeness (QED) is 0.519. The molecule has 0 atom stereocenters. The molecule has 122 valence electrons. The van der Waals surface area contributed by atoms with Gasteiger partial charge < -0.3 is 5.11 Å². The van der Waals surface area contributed by atoms with Gasteiger partial charge in [0, 0.05) is 16.5 Å². The number of halogens is 1. The van der Waals surface area contributed by atoms with Crippen LogP contribution in [0.5, 0.6) is 5.75 Å². The Kier molecular flexibility index (Phi) is 4.85. The first-order chi connectivity index (χ1) is 11.6. The summed E-state index contributed by atoms with van der Waals surface area (Å²) in [6.07, 6.45) is 1.61. The van der Waals surface area contributed by atoms with E-state index >= 15 is 0 Å². The van der Waals surface area contributed by atoms with Crippen LogP contribution in [0.4, 0.5) is 0 Å². The van der Waals surface area contributed by atoms with Crippen LogP contribution >= 0.6 is 15.9 Å². The number of aryl methyl sites for hydroxylation is 1. The number of hydrogen-bond acceptors (Lipinski definition) is 5. The van der Waals surface area contributed by atoms with Gasteiger partial charge in [-0.2, -0.15) is 5.10 Å². The Labute approximate surface area is 146 Å². The maximum atomic E-state index is 11.9. The molecule has 3 rings (SSSR count). The highest BCUT2D eigenvalue weighted by Gasteiger charge is 2.06. The average Bonchev–Trinajstić information content (AvgIpc) is 2.99. The Morgan fingerprint density at radius 1 is 1.33 bits per heavy atom. The van der Waals surface area contributed by atoms with Gasteiger partial charge in [0.1, 0.15) is 11.3 Å². The number of rotatable bonds is 5. The summed E-state index contributed by atoms with van der Waals surface area (Å²) in [5.41, 5.74) is 4.61. The molecule has 1 aromatic heterocycles. The Bertz CT molecular complexity index is 906. The third-order valence-electron chi connectivity index (χ3n) is 3.35. The molecule has 0 aliphatic heterocycles. The number of aromatic nitrogens is 3. The van der Waals surface area contributed by atoms with Crippen molar-refractivity contribution < 1.29 is 9.90 Å². The lowest BCUT2D eigenvalue weighted by molar-refractivity contribution is -0.121. The number of phenolic OH excluding ortho intramolecular Hbond substituents is 1. The molecule has 0 aliphatic carbocycles. The zero-order chi connectivity index (χ0) is 16.9. The lowest BCUT2D eigenvalue weighted by Gasteiger charge is -2.02. The molecule has 2 aromatic carbocycles. The van der Waals surface area contributed by atoms with E-state index in [0.29, 0.717) is 12.1 Å². The molecule has 7 nitrogen and oxygen atoms in total. The maximum absolute atomic E-state index is 11.9. The number of fused-ring (bicyclic) bond motifs is 1. The van der Waals surface area contributed by atoms with Gasteiger partial charge in [0.05, 0.1) is 18.3 Å². The lowest BCUT2D eigenvalue weighted by atomic mass is 10.2. The molecule has 0 saturated carbocycles. The number of para-hydroxylation sites is 1. The second-order valence-corrected chi connectivity index (χ2v) is 5.96. The number of carbonyl (C=O) groups excluding carboxylic acids is 1. The van der Waals surface area contributed by atoms with Crippen LogP contribution in [-0.2, 0) is 11.3 Å². The number of nitrogens with one attached hydrogen (secondary N) is 1. The van der Waals surface area contributed by atoms with Crippen molar-refractivity contribution in [2.24, 2.45) is 5.10 Å². The molecule has 8 heteroatoms. The zero-order valence-electron chi connectivity index (χ0n) is 12.6. The van der Waals surface area contributed by atoms with E-state index in [0.717, 1.165) is 15.5 Å². The van der Waals surface area contributed by atoms with Crippen molar-refractivity contribution in [3.05, 3.63) is 52.5 Å². The summed E-state index contributed by atoms with van der Waals surface area (Å²) in [5.74, 6) is -0.161. The summed E-state index contributed by atoms with van der Waals surface area (Å²) in [6.45, 7) is 0.407. The maximum Gasteiger partial charge on any atom is 0.241 e. The van der Waals surface area contributed by atoms with E-state index in [2.05, 4.69) is 36.8 Å². The highest BCUT2D eigenvalue weighted by Crippen LogP contribution is 2.19. The topological polar surface area (TPSA) is 92.4 Å². The predicted octanol–water partition coefficient (Wildman–Crippen LogP) is 2.44. The van der Waals surface area contributed by atoms with Gasteiger partial charge in [-0.1, -0.05) is 33.3 Å². The van der Waals surface area contributed by atoms with E-state index in [-0.39, 0.29) is 18.1 Å². The Morgan fingerprint density at radius 2 is 2.17 bits per heavy atom. The first-order valence-corrected chi connectivity index (χ1v) is 8.01. The van der Waals surface area contributed by atoms with Gasteiger partial charge in [0.2, 0.25) is 5.91 Å². The molecular formula is C16H14BrN5O2. The summed E-state index contributed by atoms with van der Waals surface area (Å²) in [4.78, 5) is 11.9. The fourth-order valence-electron chi connectivity index (χ4n) is 2.15. The molecule has 1 amide bonds. The van der Waals surface area contributed by atoms with Crippen molar-refractivity contribution in [3.63, 3.8) is 0 Å². The highest BCUT2D eigenvalue weighted by atomic mass is 79.9. The van der Waals surface area contributed by atoms with E-state index in [1.165, 1.54) is 6.21 Å². The van der Waals surface area contributed by atoms with E-state index in [1.54, 1.807) is 22.9 Å². The summed E-state index contributed by atoms with van der Waals surface area (Å²) in [5, 5.41) is 21.6. The molecule has 0 bridgehead atoms. The highest BCUT2D eigenvalue weighted by molar-refractivity contribution is 9.10. The minimum atomic E-state index is -0.250. The fraction of sp³-hybridized carbons (Fsp3) is 0.125. The lowest BCUT2D eigenvalue weighted by Crippen LogP contribution is -2.19. The molecule has 0 aliphatic rings. The van der Waals surface area contributed by atoms with Gasteiger partial charge in [-0.3, -0.25) is 4.79 Å². The summed E-state index contributed by atoms with van der Waals surface area (Å²) >= 11 is 3.31. The van der Waals surface area contributed by atoms with Crippen molar-refractivity contribution in [1.82, 2.24) is 20.4 Å². The molecule has 1 heterocycles. The van der Waals surface area contributed by atoms with Gasteiger partial charge in [-0.15, -0.1) is 5.10 Å². The number of amides is 1. The third kappa shape index (κ3) is 3.77. The monoisotopic (exact) mass is 387 g/mol. The minimum absolute atomic E-state index is 0.0882. The standard InChI is InChI=1S/C16H14BrN5O2/c17-12-5-6-15(23)11(9-12)10-18-20-16(24)7-8-22-14-4-2-1-3-13(14)19-21-22/h1-6,9-10,23H,7-8H2,(H,20,24)/b18-10+. The Hall–Kier alpha value is -2.74. The minimum Gasteiger partial charge on any atom is -0.507 e. The molecule has 0 saturated heterocycles. The van der Waals surface area contributed by atoms with E-state index < -0.39 is 0 Å². The molecule has 2 N–H and O–H groups in total. The summed E-state index contributed by atoms with van der Waals surface area (Å²) in [6, 6.07) is 12.5. The van der Waals surface area contributed by atoms with E-state index in [1.807, 2.05) is 24.3 Å². The number of nitrogens with zero attached hydrogens (tertiary/aromatic N) is 4.